The number of hydrogen-bond donors (Lipinski definition) is 0. The molecule has 0 aliphatic carbocycles. The van der Waals surface area contributed by atoms with Crippen molar-refractivity contribution >= 4 is 11.6 Å². The number of fused-ring (bicyclic) bond motifs is 1. The minimum absolute atomic E-state index is 0.0457. The Bertz CT molecular complexity index is 1230. The number of aryl methyl sites for hydroxylation is 1. The summed E-state index contributed by atoms with van der Waals surface area (Å²) < 4.78 is 17.2. The van der Waals surface area contributed by atoms with Gasteiger partial charge in [0.2, 0.25) is 0 Å². The average Bonchev–Trinajstić information content (AvgIpc) is 3.39. The molecule has 7 heteroatoms. The van der Waals surface area contributed by atoms with E-state index in [0.29, 0.717) is 12.2 Å². The van der Waals surface area contributed by atoms with Crippen LogP contribution in [0.4, 0.5) is 4.39 Å². The van der Waals surface area contributed by atoms with Crippen molar-refractivity contribution in [2.75, 3.05) is 13.1 Å². The van der Waals surface area contributed by atoms with Gasteiger partial charge in [0.1, 0.15) is 11.5 Å². The predicted molar refractivity (Wildman–Crippen MR) is 112 cm³/mol. The van der Waals surface area contributed by atoms with Crippen LogP contribution in [0.15, 0.2) is 60.9 Å². The van der Waals surface area contributed by atoms with Gasteiger partial charge in [0.25, 0.3) is 5.91 Å². The molecule has 0 N–H and O–H groups in total. The number of hydrogen-bond acceptors (Lipinski definition) is 3. The molecule has 3 aromatic heterocycles. The van der Waals surface area contributed by atoms with Gasteiger partial charge in [-0.1, -0.05) is 12.1 Å². The smallest absolute Gasteiger partial charge is 0.270 e. The SMILES string of the molecule is Cn1cccc1C(=O)N1CCCC(c2nc3ccc(-c4cccc(F)c4)cn3n2)C1. The van der Waals surface area contributed by atoms with Crippen molar-refractivity contribution in [1.82, 2.24) is 24.1 Å². The van der Waals surface area contributed by atoms with Crippen LogP contribution in [0.2, 0.25) is 0 Å². The summed E-state index contributed by atoms with van der Waals surface area (Å²) in [5.41, 5.74) is 3.11. The van der Waals surface area contributed by atoms with E-state index < -0.39 is 0 Å². The fourth-order valence-corrected chi connectivity index (χ4v) is 4.13. The van der Waals surface area contributed by atoms with Crippen molar-refractivity contribution in [2.45, 2.75) is 18.8 Å². The van der Waals surface area contributed by atoms with Crippen LogP contribution >= 0.6 is 0 Å². The average molecular weight is 403 g/mol. The summed E-state index contributed by atoms with van der Waals surface area (Å²) in [4.78, 5) is 19.5. The summed E-state index contributed by atoms with van der Waals surface area (Å²) in [7, 11) is 1.88. The Labute approximate surface area is 173 Å². The molecule has 0 saturated carbocycles. The summed E-state index contributed by atoms with van der Waals surface area (Å²) in [5.74, 6) is 0.623. The first-order chi connectivity index (χ1) is 14.6. The van der Waals surface area contributed by atoms with Gasteiger partial charge in [0, 0.05) is 44.0 Å². The van der Waals surface area contributed by atoms with Gasteiger partial charge in [0.05, 0.1) is 0 Å². The maximum Gasteiger partial charge on any atom is 0.270 e. The quantitative estimate of drug-likeness (QED) is 0.521. The molecule has 30 heavy (non-hydrogen) atoms. The largest absolute Gasteiger partial charge is 0.347 e. The number of likely N-dealkylation sites (tertiary alicyclic amines) is 1. The van der Waals surface area contributed by atoms with Crippen LogP contribution in [0, 0.1) is 5.82 Å². The Morgan fingerprint density at radius 2 is 2.03 bits per heavy atom. The molecular formula is C23H22FN5O. The molecule has 1 aliphatic rings. The van der Waals surface area contributed by atoms with Crippen molar-refractivity contribution < 1.29 is 9.18 Å². The first kappa shape index (κ1) is 18.5. The summed E-state index contributed by atoms with van der Waals surface area (Å²) >= 11 is 0. The molecule has 0 bridgehead atoms. The van der Waals surface area contributed by atoms with Crippen LogP contribution in [-0.4, -0.2) is 43.1 Å². The normalized spacial score (nSPS) is 16.9. The van der Waals surface area contributed by atoms with Crippen LogP contribution in [0.5, 0.6) is 0 Å². The van der Waals surface area contributed by atoms with E-state index in [-0.39, 0.29) is 17.6 Å². The van der Waals surface area contributed by atoms with Crippen LogP contribution in [-0.2, 0) is 7.05 Å². The van der Waals surface area contributed by atoms with Crippen molar-refractivity contribution in [3.63, 3.8) is 0 Å². The second kappa shape index (κ2) is 7.40. The molecule has 152 valence electrons. The van der Waals surface area contributed by atoms with Gasteiger partial charge in [-0.3, -0.25) is 4.79 Å². The van der Waals surface area contributed by atoms with Gasteiger partial charge in [-0.15, -0.1) is 0 Å². The standard InChI is InChI=1S/C23H22FN5O/c1-27-11-4-8-20(27)23(30)28-12-3-6-18(14-28)22-25-21-10-9-17(15-29(21)26-22)16-5-2-7-19(24)13-16/h2,4-5,7-11,13,15,18H,3,6,12,14H2,1H3. The number of pyridine rings is 1. The van der Waals surface area contributed by atoms with Crippen molar-refractivity contribution in [2.24, 2.45) is 7.05 Å². The molecule has 1 aromatic carbocycles. The molecule has 5 rings (SSSR count). The van der Waals surface area contributed by atoms with Gasteiger partial charge in [-0.2, -0.15) is 5.10 Å². The van der Waals surface area contributed by atoms with Crippen molar-refractivity contribution in [3.8, 4) is 11.1 Å². The third-order valence-corrected chi connectivity index (χ3v) is 5.74. The Balaban J connectivity index is 1.40. The third-order valence-electron chi connectivity index (χ3n) is 5.74. The van der Waals surface area contributed by atoms with Gasteiger partial charge in [0.15, 0.2) is 11.5 Å². The van der Waals surface area contributed by atoms with Gasteiger partial charge in [-0.05, 0) is 54.8 Å². The van der Waals surface area contributed by atoms with E-state index in [0.717, 1.165) is 42.0 Å². The Kier molecular flexibility index (Phi) is 4.58. The number of rotatable bonds is 3. The lowest BCUT2D eigenvalue weighted by Gasteiger charge is -2.31. The highest BCUT2D eigenvalue weighted by atomic mass is 19.1. The zero-order chi connectivity index (χ0) is 20.7. The van der Waals surface area contributed by atoms with Crippen LogP contribution in [0.25, 0.3) is 16.8 Å². The first-order valence-electron chi connectivity index (χ1n) is 10.1. The zero-order valence-electron chi connectivity index (χ0n) is 16.7. The highest BCUT2D eigenvalue weighted by Crippen LogP contribution is 2.27. The van der Waals surface area contributed by atoms with E-state index in [9.17, 15) is 9.18 Å². The molecule has 0 spiro atoms. The Morgan fingerprint density at radius 1 is 1.13 bits per heavy atom. The van der Waals surface area contributed by atoms with Gasteiger partial charge >= 0.3 is 0 Å². The molecule has 6 nitrogen and oxygen atoms in total. The van der Waals surface area contributed by atoms with Crippen LogP contribution < -0.4 is 0 Å². The number of benzene rings is 1. The first-order valence-corrected chi connectivity index (χ1v) is 10.1. The minimum atomic E-state index is -0.267. The maximum atomic E-state index is 13.6. The summed E-state index contributed by atoms with van der Waals surface area (Å²) in [6.07, 6.45) is 5.63. The molecule has 1 atom stereocenters. The second-order valence-corrected chi connectivity index (χ2v) is 7.80. The number of carbonyl (C=O) groups is 1. The minimum Gasteiger partial charge on any atom is -0.347 e. The topological polar surface area (TPSA) is 55.4 Å². The van der Waals surface area contributed by atoms with E-state index in [1.54, 1.807) is 10.6 Å². The second-order valence-electron chi connectivity index (χ2n) is 7.80. The lowest BCUT2D eigenvalue weighted by molar-refractivity contribution is 0.0695. The Morgan fingerprint density at radius 3 is 2.83 bits per heavy atom. The lowest BCUT2D eigenvalue weighted by Crippen LogP contribution is -2.40. The number of carbonyl (C=O) groups excluding carboxylic acids is 1. The van der Waals surface area contributed by atoms with Crippen LogP contribution in [0.1, 0.15) is 35.1 Å². The zero-order valence-corrected chi connectivity index (χ0v) is 16.7. The van der Waals surface area contributed by atoms with Crippen LogP contribution in [0.3, 0.4) is 0 Å². The number of aromatic nitrogens is 4. The molecule has 1 amide bonds. The van der Waals surface area contributed by atoms with E-state index in [4.69, 9.17) is 4.98 Å². The maximum absolute atomic E-state index is 13.6. The highest BCUT2D eigenvalue weighted by molar-refractivity contribution is 5.92. The van der Waals surface area contributed by atoms with Gasteiger partial charge < -0.3 is 9.47 Å². The molecule has 0 radical (unpaired) electrons. The predicted octanol–water partition coefficient (Wildman–Crippen LogP) is 3.89. The van der Waals surface area contributed by atoms with E-state index in [2.05, 4.69) is 5.10 Å². The molecular weight excluding hydrogens is 381 g/mol. The number of halogens is 1. The lowest BCUT2D eigenvalue weighted by atomic mass is 9.97. The Hall–Kier alpha value is -3.48. The number of amides is 1. The molecule has 4 heterocycles. The fourth-order valence-electron chi connectivity index (χ4n) is 4.13. The van der Waals surface area contributed by atoms with E-state index >= 15 is 0 Å². The van der Waals surface area contributed by atoms with Crippen molar-refractivity contribution in [1.29, 1.82) is 0 Å². The summed E-state index contributed by atoms with van der Waals surface area (Å²) in [5, 5.41) is 4.69. The molecule has 1 fully saturated rings. The van der Waals surface area contributed by atoms with E-state index in [1.165, 1.54) is 12.1 Å². The fraction of sp³-hybridized carbons (Fsp3) is 0.261. The number of piperidine rings is 1. The molecule has 1 aliphatic heterocycles. The van der Waals surface area contributed by atoms with Crippen molar-refractivity contribution in [3.05, 3.63) is 78.3 Å². The van der Waals surface area contributed by atoms with Gasteiger partial charge in [-0.25, -0.2) is 13.9 Å². The summed E-state index contributed by atoms with van der Waals surface area (Å²) in [6, 6.07) is 14.1. The monoisotopic (exact) mass is 403 g/mol. The number of nitrogens with zero attached hydrogens (tertiary/aromatic N) is 5. The third kappa shape index (κ3) is 3.36. The van der Waals surface area contributed by atoms with E-state index in [1.807, 2.05) is 59.2 Å². The molecule has 1 unspecified atom stereocenters. The molecule has 4 aromatic rings. The summed E-state index contributed by atoms with van der Waals surface area (Å²) in [6.45, 7) is 1.36. The highest BCUT2D eigenvalue weighted by Gasteiger charge is 2.28. The molecule has 1 saturated heterocycles.